The van der Waals surface area contributed by atoms with Crippen LogP contribution in [-0.4, -0.2) is 36.2 Å². The largest absolute Gasteiger partial charge is 0.462 e. The van der Waals surface area contributed by atoms with Crippen LogP contribution in [0.3, 0.4) is 0 Å². The van der Waals surface area contributed by atoms with Crippen LogP contribution in [0, 0.1) is 13.8 Å². The van der Waals surface area contributed by atoms with Crippen molar-refractivity contribution in [3.05, 3.63) is 51.9 Å². The average molecular weight is 391 g/mol. The number of esters is 2. The minimum Gasteiger partial charge on any atom is -0.462 e. The first-order valence-corrected chi connectivity index (χ1v) is 9.13. The Morgan fingerprint density at radius 3 is 2.44 bits per heavy atom. The Bertz CT molecular complexity index is 830. The van der Waals surface area contributed by atoms with Crippen LogP contribution in [0.2, 0.25) is 0 Å². The molecule has 0 saturated carbocycles. The van der Waals surface area contributed by atoms with Crippen molar-refractivity contribution >= 4 is 34.2 Å². The number of thiophene rings is 1. The van der Waals surface area contributed by atoms with Crippen LogP contribution in [0.15, 0.2) is 30.3 Å². The van der Waals surface area contributed by atoms with E-state index in [0.29, 0.717) is 16.1 Å². The van der Waals surface area contributed by atoms with E-state index in [-0.39, 0.29) is 6.61 Å². The molecule has 1 aromatic carbocycles. The molecule has 7 nitrogen and oxygen atoms in total. The van der Waals surface area contributed by atoms with Crippen molar-refractivity contribution in [2.45, 2.75) is 26.9 Å². The average Bonchev–Trinajstić information content (AvgIpc) is 2.93. The highest BCUT2D eigenvalue weighted by atomic mass is 32.1. The summed E-state index contributed by atoms with van der Waals surface area (Å²) in [6.07, 6.45) is -1.47. The lowest BCUT2D eigenvalue weighted by molar-refractivity contribution is -0.156. The summed E-state index contributed by atoms with van der Waals surface area (Å²) in [5, 5.41) is 12.8. The third-order valence-corrected chi connectivity index (χ3v) is 4.92. The van der Waals surface area contributed by atoms with Gasteiger partial charge in [0.2, 0.25) is 0 Å². The highest BCUT2D eigenvalue weighted by Gasteiger charge is 2.23. The van der Waals surface area contributed by atoms with Gasteiger partial charge in [0.05, 0.1) is 12.2 Å². The first kappa shape index (κ1) is 20.6. The molecule has 2 N–H and O–H groups in total. The Morgan fingerprint density at radius 2 is 1.81 bits per heavy atom. The zero-order valence-electron chi connectivity index (χ0n) is 15.3. The molecular weight excluding hydrogens is 370 g/mol. The predicted octanol–water partition coefficient (Wildman–Crippen LogP) is 2.76. The van der Waals surface area contributed by atoms with Gasteiger partial charge < -0.3 is 19.9 Å². The molecule has 144 valence electrons. The molecular formula is C19H21NO6S. The van der Waals surface area contributed by atoms with E-state index < -0.39 is 30.6 Å². The molecule has 0 unspecified atom stereocenters. The van der Waals surface area contributed by atoms with Crippen molar-refractivity contribution in [3.63, 3.8) is 0 Å². The summed E-state index contributed by atoms with van der Waals surface area (Å²) >= 11 is 1.24. The van der Waals surface area contributed by atoms with Gasteiger partial charge in [-0.25, -0.2) is 9.59 Å². The van der Waals surface area contributed by atoms with Crippen molar-refractivity contribution in [2.75, 3.05) is 18.5 Å². The Kier molecular flexibility index (Phi) is 7.09. The monoisotopic (exact) mass is 391 g/mol. The number of benzene rings is 1. The molecule has 1 amide bonds. The van der Waals surface area contributed by atoms with Gasteiger partial charge in [0.15, 0.2) is 12.7 Å². The van der Waals surface area contributed by atoms with Crippen molar-refractivity contribution < 1.29 is 29.0 Å². The normalized spacial score (nSPS) is 11.6. The molecule has 0 radical (unpaired) electrons. The van der Waals surface area contributed by atoms with Gasteiger partial charge in [-0.15, -0.1) is 11.3 Å². The lowest BCUT2D eigenvalue weighted by atomic mass is 10.1. The molecule has 2 rings (SSSR count). The van der Waals surface area contributed by atoms with Crippen molar-refractivity contribution in [1.82, 2.24) is 0 Å². The molecule has 8 heteroatoms. The number of hydrogen-bond acceptors (Lipinski definition) is 7. The zero-order valence-corrected chi connectivity index (χ0v) is 16.1. The summed E-state index contributed by atoms with van der Waals surface area (Å²) in [7, 11) is 0. The molecule has 0 aliphatic heterocycles. The second-order valence-electron chi connectivity index (χ2n) is 5.68. The fraction of sp³-hybridized carbons (Fsp3) is 0.316. The van der Waals surface area contributed by atoms with E-state index in [9.17, 15) is 19.5 Å². The van der Waals surface area contributed by atoms with E-state index >= 15 is 0 Å². The van der Waals surface area contributed by atoms with E-state index in [1.54, 1.807) is 44.2 Å². The Morgan fingerprint density at radius 1 is 1.15 bits per heavy atom. The van der Waals surface area contributed by atoms with Crippen LogP contribution in [-0.2, 0) is 19.1 Å². The minimum absolute atomic E-state index is 0.218. The van der Waals surface area contributed by atoms with Gasteiger partial charge in [0.25, 0.3) is 5.91 Å². The number of ether oxygens (including phenoxy) is 2. The van der Waals surface area contributed by atoms with Crippen LogP contribution in [0.1, 0.15) is 39.4 Å². The minimum atomic E-state index is -1.47. The maximum Gasteiger partial charge on any atom is 0.341 e. The van der Waals surface area contributed by atoms with Crippen LogP contribution in [0.5, 0.6) is 0 Å². The number of rotatable bonds is 7. The molecule has 0 spiro atoms. The zero-order chi connectivity index (χ0) is 20.0. The molecule has 0 saturated heterocycles. The number of anilines is 1. The Hall–Kier alpha value is -2.71. The smallest absolute Gasteiger partial charge is 0.341 e. The highest BCUT2D eigenvalue weighted by molar-refractivity contribution is 7.16. The second-order valence-corrected chi connectivity index (χ2v) is 6.90. The molecule has 0 fully saturated rings. The van der Waals surface area contributed by atoms with Crippen LogP contribution >= 0.6 is 11.3 Å². The maximum absolute atomic E-state index is 12.1. The van der Waals surface area contributed by atoms with Gasteiger partial charge in [-0.1, -0.05) is 30.3 Å². The molecule has 1 heterocycles. The van der Waals surface area contributed by atoms with Gasteiger partial charge in [-0.2, -0.15) is 0 Å². The molecule has 27 heavy (non-hydrogen) atoms. The predicted molar refractivity (Wildman–Crippen MR) is 101 cm³/mol. The van der Waals surface area contributed by atoms with Crippen LogP contribution < -0.4 is 5.32 Å². The Labute approximate surface area is 160 Å². The quantitative estimate of drug-likeness (QED) is 0.704. The van der Waals surface area contributed by atoms with Gasteiger partial charge in [-0.3, -0.25) is 4.79 Å². The van der Waals surface area contributed by atoms with Crippen molar-refractivity contribution in [1.29, 1.82) is 0 Å². The van der Waals surface area contributed by atoms with E-state index in [0.717, 1.165) is 10.4 Å². The summed E-state index contributed by atoms with van der Waals surface area (Å²) in [5.74, 6) is -2.07. The van der Waals surface area contributed by atoms with Gasteiger partial charge in [0, 0.05) is 4.88 Å². The summed E-state index contributed by atoms with van der Waals surface area (Å²) in [6, 6.07) is 8.26. The van der Waals surface area contributed by atoms with Gasteiger partial charge in [0.1, 0.15) is 5.00 Å². The number of aliphatic hydroxyl groups is 1. The van der Waals surface area contributed by atoms with E-state index in [1.807, 2.05) is 6.92 Å². The molecule has 1 aromatic heterocycles. The SMILES string of the molecule is CCOC(=O)c1c(NC(=O)COC(=O)[C@H](O)c2ccccc2)sc(C)c1C. The number of carbonyl (C=O) groups is 3. The molecule has 1 atom stereocenters. The second kappa shape index (κ2) is 9.29. The van der Waals surface area contributed by atoms with Gasteiger partial charge in [-0.05, 0) is 31.9 Å². The standard InChI is InChI=1S/C19H21NO6S/c1-4-25-18(23)15-11(2)12(3)27-17(15)20-14(21)10-26-19(24)16(22)13-8-6-5-7-9-13/h5-9,16,22H,4,10H2,1-3H3,(H,20,21)/t16-/m1/s1. The third kappa shape index (κ3) is 5.15. The highest BCUT2D eigenvalue weighted by Crippen LogP contribution is 2.33. The number of amides is 1. The molecule has 0 aliphatic rings. The van der Waals surface area contributed by atoms with Crippen molar-refractivity contribution in [3.8, 4) is 0 Å². The molecule has 0 aliphatic carbocycles. The lowest BCUT2D eigenvalue weighted by Crippen LogP contribution is -2.24. The summed E-state index contributed by atoms with van der Waals surface area (Å²) in [5.41, 5.74) is 1.39. The van der Waals surface area contributed by atoms with E-state index in [1.165, 1.54) is 11.3 Å². The van der Waals surface area contributed by atoms with Crippen molar-refractivity contribution in [2.24, 2.45) is 0 Å². The summed E-state index contributed by atoms with van der Waals surface area (Å²) in [6.45, 7) is 4.93. The first-order valence-electron chi connectivity index (χ1n) is 8.31. The lowest BCUT2D eigenvalue weighted by Gasteiger charge is -2.11. The first-order chi connectivity index (χ1) is 12.8. The Balaban J connectivity index is 1.99. The number of carbonyl (C=O) groups excluding carboxylic acids is 3. The number of nitrogens with one attached hydrogen (secondary N) is 1. The summed E-state index contributed by atoms with van der Waals surface area (Å²) in [4.78, 5) is 37.0. The fourth-order valence-corrected chi connectivity index (χ4v) is 3.38. The molecule has 2 aromatic rings. The topological polar surface area (TPSA) is 102 Å². The van der Waals surface area contributed by atoms with Crippen LogP contribution in [0.4, 0.5) is 5.00 Å². The van der Waals surface area contributed by atoms with E-state index in [4.69, 9.17) is 9.47 Å². The van der Waals surface area contributed by atoms with Crippen LogP contribution in [0.25, 0.3) is 0 Å². The van der Waals surface area contributed by atoms with Gasteiger partial charge >= 0.3 is 11.9 Å². The summed E-state index contributed by atoms with van der Waals surface area (Å²) < 4.78 is 9.89. The fourth-order valence-electron chi connectivity index (χ4n) is 2.31. The number of aliphatic hydroxyl groups excluding tert-OH is 1. The maximum atomic E-state index is 12.1. The van der Waals surface area contributed by atoms with E-state index in [2.05, 4.69) is 5.32 Å². The molecule has 0 bridgehead atoms. The number of aryl methyl sites for hydroxylation is 1. The third-order valence-electron chi connectivity index (χ3n) is 3.80. The number of hydrogen-bond donors (Lipinski definition) is 2.